The summed E-state index contributed by atoms with van der Waals surface area (Å²) in [5.74, 6) is 0.517. The number of thioether (sulfide) groups is 1. The zero-order valence-corrected chi connectivity index (χ0v) is 20.6. The number of aromatic nitrogens is 3. The molecule has 0 bridgehead atoms. The van der Waals surface area contributed by atoms with Crippen molar-refractivity contribution in [2.75, 3.05) is 17.7 Å². The number of nitrogens with zero attached hydrogens (tertiary/aromatic N) is 3. The van der Waals surface area contributed by atoms with Crippen LogP contribution in [0.4, 0.5) is 5.69 Å². The van der Waals surface area contributed by atoms with Gasteiger partial charge in [0.2, 0.25) is 5.91 Å². The average Bonchev–Trinajstić information content (AvgIpc) is 3.35. The van der Waals surface area contributed by atoms with Crippen LogP contribution in [0.25, 0.3) is 11.4 Å². The van der Waals surface area contributed by atoms with Crippen molar-refractivity contribution in [3.05, 3.63) is 45.6 Å². The Bertz CT molecular complexity index is 1090. The first-order valence-electron chi connectivity index (χ1n) is 10.6. The molecule has 1 amide bonds. The monoisotopic (exact) mass is 472 g/mol. The Morgan fingerprint density at radius 1 is 1.19 bits per heavy atom. The van der Waals surface area contributed by atoms with E-state index in [9.17, 15) is 9.59 Å². The van der Waals surface area contributed by atoms with Crippen molar-refractivity contribution >= 4 is 40.7 Å². The molecule has 0 saturated heterocycles. The minimum Gasteiger partial charge on any atom is -0.462 e. The topological polar surface area (TPSA) is 86.1 Å². The van der Waals surface area contributed by atoms with Crippen molar-refractivity contribution in [1.29, 1.82) is 0 Å². The molecule has 0 radical (unpaired) electrons. The quantitative estimate of drug-likeness (QED) is 0.333. The van der Waals surface area contributed by atoms with Crippen molar-refractivity contribution in [2.45, 2.75) is 52.2 Å². The lowest BCUT2D eigenvalue weighted by molar-refractivity contribution is -0.113. The van der Waals surface area contributed by atoms with E-state index in [0.717, 1.165) is 17.8 Å². The highest BCUT2D eigenvalue weighted by molar-refractivity contribution is 7.99. The van der Waals surface area contributed by atoms with Gasteiger partial charge in [-0.05, 0) is 63.9 Å². The number of carbonyl (C=O) groups is 2. The predicted octanol–water partition coefficient (Wildman–Crippen LogP) is 5.37. The molecule has 0 fully saturated rings. The minimum absolute atomic E-state index is 0.153. The molecule has 0 aliphatic carbocycles. The van der Waals surface area contributed by atoms with Crippen LogP contribution >= 0.6 is 23.1 Å². The van der Waals surface area contributed by atoms with Crippen LogP contribution in [-0.4, -0.2) is 39.0 Å². The molecule has 0 aliphatic heterocycles. The van der Waals surface area contributed by atoms with Gasteiger partial charge in [-0.15, -0.1) is 21.5 Å². The van der Waals surface area contributed by atoms with Crippen LogP contribution in [0, 0.1) is 6.92 Å². The maximum atomic E-state index is 12.5. The standard InChI is InChI=1S/C23H28N4O3S2/c1-6-18-15(5)31-12-19(18)21-25-26-23(27(21)14(3)4)32-13-20(28)24-17-10-8-16(9-11-17)22(29)30-7-2/h8-12,14H,6-7,13H2,1-5H3,(H,24,28). The van der Waals surface area contributed by atoms with E-state index in [0.29, 0.717) is 23.0 Å². The van der Waals surface area contributed by atoms with Gasteiger partial charge in [-0.25, -0.2) is 4.79 Å². The first-order valence-corrected chi connectivity index (χ1v) is 12.4. The fourth-order valence-electron chi connectivity index (χ4n) is 3.36. The second-order valence-corrected chi connectivity index (χ2v) is 9.47. The van der Waals surface area contributed by atoms with E-state index >= 15 is 0 Å². The maximum absolute atomic E-state index is 12.5. The Hall–Kier alpha value is -2.65. The number of carbonyl (C=O) groups excluding carboxylic acids is 2. The van der Waals surface area contributed by atoms with Gasteiger partial charge in [0.25, 0.3) is 0 Å². The summed E-state index contributed by atoms with van der Waals surface area (Å²) in [6.07, 6.45) is 0.940. The zero-order valence-electron chi connectivity index (χ0n) is 19.0. The summed E-state index contributed by atoms with van der Waals surface area (Å²) >= 11 is 3.08. The second kappa shape index (κ2) is 10.8. The molecule has 0 saturated carbocycles. The van der Waals surface area contributed by atoms with Crippen molar-refractivity contribution < 1.29 is 14.3 Å². The van der Waals surface area contributed by atoms with Crippen molar-refractivity contribution in [3.63, 3.8) is 0 Å². The molecule has 0 unspecified atom stereocenters. The molecule has 2 heterocycles. The molecule has 170 valence electrons. The number of amides is 1. The van der Waals surface area contributed by atoms with Crippen LogP contribution in [0.2, 0.25) is 0 Å². The molecular formula is C23H28N4O3S2. The summed E-state index contributed by atoms with van der Waals surface area (Å²) in [7, 11) is 0. The number of hydrogen-bond acceptors (Lipinski definition) is 7. The third-order valence-corrected chi connectivity index (χ3v) is 6.79. The molecule has 0 atom stereocenters. The summed E-state index contributed by atoms with van der Waals surface area (Å²) in [4.78, 5) is 25.5. The van der Waals surface area contributed by atoms with Crippen LogP contribution in [-0.2, 0) is 16.0 Å². The molecule has 2 aromatic heterocycles. The lowest BCUT2D eigenvalue weighted by Crippen LogP contribution is -2.15. The number of benzene rings is 1. The highest BCUT2D eigenvalue weighted by Crippen LogP contribution is 2.34. The van der Waals surface area contributed by atoms with Gasteiger partial charge in [-0.2, -0.15) is 0 Å². The molecule has 1 aromatic carbocycles. The summed E-state index contributed by atoms with van der Waals surface area (Å²) in [6.45, 7) is 10.5. The van der Waals surface area contributed by atoms with Crippen LogP contribution in [0.3, 0.4) is 0 Å². The Labute approximate surface area is 196 Å². The Balaban J connectivity index is 1.68. The summed E-state index contributed by atoms with van der Waals surface area (Å²) < 4.78 is 7.06. The largest absolute Gasteiger partial charge is 0.462 e. The molecule has 32 heavy (non-hydrogen) atoms. The van der Waals surface area contributed by atoms with E-state index in [4.69, 9.17) is 4.74 Å². The Kier molecular flexibility index (Phi) is 8.09. The second-order valence-electron chi connectivity index (χ2n) is 7.44. The van der Waals surface area contributed by atoms with Crippen LogP contribution in [0.1, 0.15) is 54.5 Å². The minimum atomic E-state index is -0.378. The van der Waals surface area contributed by atoms with Gasteiger partial charge in [0.05, 0.1) is 17.9 Å². The van der Waals surface area contributed by atoms with Crippen molar-refractivity contribution in [2.24, 2.45) is 0 Å². The van der Waals surface area contributed by atoms with E-state index in [1.165, 1.54) is 22.2 Å². The highest BCUT2D eigenvalue weighted by atomic mass is 32.2. The third kappa shape index (κ3) is 5.39. The molecule has 0 spiro atoms. The Morgan fingerprint density at radius 2 is 1.91 bits per heavy atom. The van der Waals surface area contributed by atoms with Gasteiger partial charge in [0.15, 0.2) is 11.0 Å². The number of rotatable bonds is 9. The number of thiophene rings is 1. The fourth-order valence-corrected chi connectivity index (χ4v) is 5.17. The van der Waals surface area contributed by atoms with E-state index in [1.807, 2.05) is 0 Å². The maximum Gasteiger partial charge on any atom is 0.338 e. The molecule has 0 aliphatic rings. The number of ether oxygens (including phenoxy) is 1. The Morgan fingerprint density at radius 3 is 2.53 bits per heavy atom. The number of esters is 1. The molecule has 7 nitrogen and oxygen atoms in total. The van der Waals surface area contributed by atoms with Crippen molar-refractivity contribution in [3.8, 4) is 11.4 Å². The average molecular weight is 473 g/mol. The third-order valence-electron chi connectivity index (χ3n) is 4.89. The first-order chi connectivity index (χ1) is 15.3. The first kappa shape index (κ1) is 24.0. The summed E-state index contributed by atoms with van der Waals surface area (Å²) in [6, 6.07) is 6.81. The van der Waals surface area contributed by atoms with E-state index < -0.39 is 0 Å². The van der Waals surface area contributed by atoms with Gasteiger partial charge in [-0.3, -0.25) is 9.36 Å². The molecule has 3 aromatic rings. The van der Waals surface area contributed by atoms with E-state index in [-0.39, 0.29) is 23.7 Å². The van der Waals surface area contributed by atoms with E-state index in [1.54, 1.807) is 42.5 Å². The fraction of sp³-hybridized carbons (Fsp3) is 0.391. The van der Waals surface area contributed by atoms with E-state index in [2.05, 4.69) is 53.2 Å². The SMILES string of the molecule is CCOC(=O)c1ccc(NC(=O)CSc2nnc(-c3csc(C)c3CC)n2C(C)C)cc1. The lowest BCUT2D eigenvalue weighted by atomic mass is 10.1. The van der Waals surface area contributed by atoms with Gasteiger partial charge >= 0.3 is 5.97 Å². The van der Waals surface area contributed by atoms with Crippen molar-refractivity contribution in [1.82, 2.24) is 14.8 Å². The van der Waals surface area contributed by atoms with Crippen LogP contribution in [0.5, 0.6) is 0 Å². The lowest BCUT2D eigenvalue weighted by Gasteiger charge is -2.14. The van der Waals surface area contributed by atoms with Crippen LogP contribution < -0.4 is 5.32 Å². The molecular weight excluding hydrogens is 444 g/mol. The number of nitrogens with one attached hydrogen (secondary N) is 1. The number of hydrogen-bond donors (Lipinski definition) is 1. The highest BCUT2D eigenvalue weighted by Gasteiger charge is 2.21. The predicted molar refractivity (Wildman–Crippen MR) is 130 cm³/mol. The van der Waals surface area contributed by atoms with Gasteiger partial charge in [0, 0.05) is 27.5 Å². The normalized spacial score (nSPS) is 11.1. The van der Waals surface area contributed by atoms with Crippen LogP contribution in [0.15, 0.2) is 34.8 Å². The van der Waals surface area contributed by atoms with Gasteiger partial charge < -0.3 is 10.1 Å². The van der Waals surface area contributed by atoms with Gasteiger partial charge in [0.1, 0.15) is 0 Å². The zero-order chi connectivity index (χ0) is 23.3. The summed E-state index contributed by atoms with van der Waals surface area (Å²) in [5.41, 5.74) is 3.49. The molecule has 1 N–H and O–H groups in total. The number of aryl methyl sites for hydroxylation is 1. The number of anilines is 1. The molecule has 3 rings (SSSR count). The van der Waals surface area contributed by atoms with Gasteiger partial charge in [-0.1, -0.05) is 18.7 Å². The smallest absolute Gasteiger partial charge is 0.338 e. The summed E-state index contributed by atoms with van der Waals surface area (Å²) in [5, 5.41) is 14.5. The molecule has 9 heteroatoms.